The van der Waals surface area contributed by atoms with E-state index in [0.29, 0.717) is 13.1 Å². The standard InChI is InChI=1S/C12H20F3N3O/c1-10(2,18-7-5-16-6-8-18)9(19)17-11(3-4-11)12(13,14)15/h16H,3-8H2,1-2H3,(H,17,19). The highest BCUT2D eigenvalue weighted by Gasteiger charge is 2.65. The lowest BCUT2D eigenvalue weighted by Crippen LogP contribution is -2.63. The summed E-state index contributed by atoms with van der Waals surface area (Å²) in [6.45, 7) is 6.20. The van der Waals surface area contributed by atoms with Crippen LogP contribution in [0, 0.1) is 0 Å². The SMILES string of the molecule is CC(C)(C(=O)NC1(C(F)(F)F)CC1)N1CCNCC1. The fourth-order valence-electron chi connectivity index (χ4n) is 2.34. The summed E-state index contributed by atoms with van der Waals surface area (Å²) in [5.41, 5.74) is -2.89. The Bertz CT molecular complexity index is 358. The Kier molecular flexibility index (Phi) is 3.55. The molecule has 2 rings (SSSR count). The van der Waals surface area contributed by atoms with Crippen LogP contribution in [0.5, 0.6) is 0 Å². The highest BCUT2D eigenvalue weighted by molar-refractivity contribution is 5.86. The molecule has 4 nitrogen and oxygen atoms in total. The van der Waals surface area contributed by atoms with Gasteiger partial charge in [-0.3, -0.25) is 9.69 Å². The molecule has 1 aliphatic carbocycles. The molecule has 0 spiro atoms. The molecule has 2 N–H and O–H groups in total. The second-order valence-corrected chi connectivity index (χ2v) is 5.83. The maximum atomic E-state index is 12.8. The van der Waals surface area contributed by atoms with Gasteiger partial charge in [-0.2, -0.15) is 13.2 Å². The Labute approximate surface area is 110 Å². The van der Waals surface area contributed by atoms with Crippen LogP contribution in [0.2, 0.25) is 0 Å². The number of hydrogen-bond acceptors (Lipinski definition) is 3. The number of amides is 1. The van der Waals surface area contributed by atoms with E-state index in [1.54, 1.807) is 13.8 Å². The number of hydrogen-bond donors (Lipinski definition) is 2. The zero-order chi connectivity index (χ0) is 14.3. The fraction of sp³-hybridized carbons (Fsp3) is 0.917. The van der Waals surface area contributed by atoms with Crippen molar-refractivity contribution < 1.29 is 18.0 Å². The first-order valence-corrected chi connectivity index (χ1v) is 6.54. The summed E-state index contributed by atoms with van der Waals surface area (Å²) in [6, 6.07) is 0. The van der Waals surface area contributed by atoms with Crippen molar-refractivity contribution in [3.63, 3.8) is 0 Å². The lowest BCUT2D eigenvalue weighted by Gasteiger charge is -2.40. The van der Waals surface area contributed by atoms with Gasteiger partial charge < -0.3 is 10.6 Å². The summed E-state index contributed by atoms with van der Waals surface area (Å²) in [6.07, 6.45) is -4.39. The second-order valence-electron chi connectivity index (χ2n) is 5.83. The molecule has 1 heterocycles. The molecule has 1 saturated carbocycles. The van der Waals surface area contributed by atoms with Crippen molar-refractivity contribution in [3.8, 4) is 0 Å². The highest BCUT2D eigenvalue weighted by atomic mass is 19.4. The summed E-state index contributed by atoms with van der Waals surface area (Å²) in [4.78, 5) is 14.1. The maximum Gasteiger partial charge on any atom is 0.411 e. The van der Waals surface area contributed by atoms with Gasteiger partial charge in [-0.1, -0.05) is 0 Å². The van der Waals surface area contributed by atoms with Crippen LogP contribution in [0.3, 0.4) is 0 Å². The van der Waals surface area contributed by atoms with E-state index in [0.717, 1.165) is 13.1 Å². The Hall–Kier alpha value is -0.820. The third-order valence-electron chi connectivity index (χ3n) is 4.11. The van der Waals surface area contributed by atoms with Crippen LogP contribution in [0.4, 0.5) is 13.2 Å². The predicted octanol–water partition coefficient (Wildman–Crippen LogP) is 0.881. The minimum atomic E-state index is -4.36. The van der Waals surface area contributed by atoms with Crippen LogP contribution in [0.1, 0.15) is 26.7 Å². The lowest BCUT2D eigenvalue weighted by molar-refractivity contribution is -0.173. The van der Waals surface area contributed by atoms with Gasteiger partial charge >= 0.3 is 6.18 Å². The predicted molar refractivity (Wildman–Crippen MR) is 64.7 cm³/mol. The summed E-state index contributed by atoms with van der Waals surface area (Å²) in [7, 11) is 0. The van der Waals surface area contributed by atoms with Gasteiger partial charge in [0.25, 0.3) is 0 Å². The Morgan fingerprint density at radius 1 is 1.21 bits per heavy atom. The van der Waals surface area contributed by atoms with E-state index in [1.807, 2.05) is 4.90 Å². The lowest BCUT2D eigenvalue weighted by atomic mass is 9.99. The Morgan fingerprint density at radius 3 is 2.16 bits per heavy atom. The number of carbonyl (C=O) groups excluding carboxylic acids is 1. The Morgan fingerprint density at radius 2 is 1.74 bits per heavy atom. The van der Waals surface area contributed by atoms with Crippen molar-refractivity contribution in [1.82, 2.24) is 15.5 Å². The number of nitrogens with one attached hydrogen (secondary N) is 2. The molecule has 0 unspecified atom stereocenters. The van der Waals surface area contributed by atoms with E-state index in [4.69, 9.17) is 0 Å². The van der Waals surface area contributed by atoms with Crippen LogP contribution in [0.15, 0.2) is 0 Å². The van der Waals surface area contributed by atoms with E-state index in [1.165, 1.54) is 0 Å². The summed E-state index contributed by atoms with van der Waals surface area (Å²) < 4.78 is 38.5. The van der Waals surface area contributed by atoms with Crippen molar-refractivity contribution in [2.45, 2.75) is 43.9 Å². The molecule has 110 valence electrons. The van der Waals surface area contributed by atoms with Crippen molar-refractivity contribution in [2.24, 2.45) is 0 Å². The molecule has 0 aromatic carbocycles. The number of halogens is 3. The van der Waals surface area contributed by atoms with Gasteiger partial charge in [0.1, 0.15) is 5.54 Å². The molecule has 0 bridgehead atoms. The normalized spacial score (nSPS) is 24.1. The summed E-state index contributed by atoms with van der Waals surface area (Å²) in [5, 5.41) is 5.38. The summed E-state index contributed by atoms with van der Waals surface area (Å²) >= 11 is 0. The first kappa shape index (κ1) is 14.6. The van der Waals surface area contributed by atoms with Gasteiger partial charge in [-0.15, -0.1) is 0 Å². The number of nitrogens with zero attached hydrogens (tertiary/aromatic N) is 1. The zero-order valence-corrected chi connectivity index (χ0v) is 11.2. The maximum absolute atomic E-state index is 12.8. The first-order chi connectivity index (χ1) is 8.69. The average Bonchev–Trinajstić information content (AvgIpc) is 3.10. The molecule has 1 aliphatic heterocycles. The fourth-order valence-corrected chi connectivity index (χ4v) is 2.34. The van der Waals surface area contributed by atoms with Gasteiger partial charge in [-0.05, 0) is 26.7 Å². The minimum absolute atomic E-state index is 0.0140. The van der Waals surface area contributed by atoms with Crippen molar-refractivity contribution in [1.29, 1.82) is 0 Å². The van der Waals surface area contributed by atoms with E-state index in [-0.39, 0.29) is 12.8 Å². The van der Waals surface area contributed by atoms with Crippen LogP contribution in [-0.4, -0.2) is 54.2 Å². The highest BCUT2D eigenvalue weighted by Crippen LogP contribution is 2.49. The molecule has 2 aliphatic rings. The van der Waals surface area contributed by atoms with Gasteiger partial charge in [0.05, 0.1) is 5.54 Å². The van der Waals surface area contributed by atoms with E-state index in [2.05, 4.69) is 10.6 Å². The quantitative estimate of drug-likeness (QED) is 0.806. The molecule has 0 atom stereocenters. The number of rotatable bonds is 3. The molecule has 0 aromatic rings. The molecule has 1 saturated heterocycles. The van der Waals surface area contributed by atoms with Crippen LogP contribution in [0.25, 0.3) is 0 Å². The molecular formula is C12H20F3N3O. The van der Waals surface area contributed by atoms with Crippen molar-refractivity contribution in [3.05, 3.63) is 0 Å². The largest absolute Gasteiger partial charge is 0.411 e. The van der Waals surface area contributed by atoms with Gasteiger partial charge in [0, 0.05) is 26.2 Å². The van der Waals surface area contributed by atoms with E-state index >= 15 is 0 Å². The number of piperazine rings is 1. The smallest absolute Gasteiger partial charge is 0.340 e. The van der Waals surface area contributed by atoms with E-state index < -0.39 is 23.2 Å². The second kappa shape index (κ2) is 4.63. The van der Waals surface area contributed by atoms with Crippen LogP contribution in [-0.2, 0) is 4.79 Å². The van der Waals surface area contributed by atoms with Crippen molar-refractivity contribution >= 4 is 5.91 Å². The van der Waals surface area contributed by atoms with Crippen molar-refractivity contribution in [2.75, 3.05) is 26.2 Å². The molecule has 0 aromatic heterocycles. The molecule has 1 amide bonds. The number of carbonyl (C=O) groups is 1. The van der Waals surface area contributed by atoms with Gasteiger partial charge in [-0.25, -0.2) is 0 Å². The third kappa shape index (κ3) is 2.72. The third-order valence-corrected chi connectivity index (χ3v) is 4.11. The monoisotopic (exact) mass is 279 g/mol. The summed E-state index contributed by atoms with van der Waals surface area (Å²) in [5.74, 6) is -0.538. The van der Waals surface area contributed by atoms with E-state index in [9.17, 15) is 18.0 Å². The number of alkyl halides is 3. The van der Waals surface area contributed by atoms with Crippen LogP contribution >= 0.6 is 0 Å². The zero-order valence-electron chi connectivity index (χ0n) is 11.2. The topological polar surface area (TPSA) is 44.4 Å². The molecule has 7 heteroatoms. The van der Waals surface area contributed by atoms with Crippen LogP contribution < -0.4 is 10.6 Å². The molecular weight excluding hydrogens is 259 g/mol. The van der Waals surface area contributed by atoms with Gasteiger partial charge in [0.15, 0.2) is 0 Å². The average molecular weight is 279 g/mol. The first-order valence-electron chi connectivity index (χ1n) is 6.54. The minimum Gasteiger partial charge on any atom is -0.340 e. The molecule has 19 heavy (non-hydrogen) atoms. The molecule has 2 fully saturated rings. The molecule has 0 radical (unpaired) electrons. The Balaban J connectivity index is 2.02. The van der Waals surface area contributed by atoms with Gasteiger partial charge in [0.2, 0.25) is 5.91 Å².